The van der Waals surface area contributed by atoms with Gasteiger partial charge < -0.3 is 5.32 Å². The van der Waals surface area contributed by atoms with Crippen LogP contribution in [0, 0.1) is 0 Å². The third kappa shape index (κ3) is 4.24. The lowest BCUT2D eigenvalue weighted by molar-refractivity contribution is -0.138. The van der Waals surface area contributed by atoms with Gasteiger partial charge in [-0.3, -0.25) is 0 Å². The van der Waals surface area contributed by atoms with Gasteiger partial charge in [0.2, 0.25) is 0 Å². The number of hydrogen-bond acceptors (Lipinski definition) is 4. The first-order chi connectivity index (χ1) is 9.91. The van der Waals surface area contributed by atoms with Crippen molar-refractivity contribution in [1.29, 1.82) is 0 Å². The predicted octanol–water partition coefficient (Wildman–Crippen LogP) is 4.14. The van der Waals surface area contributed by atoms with Crippen molar-refractivity contribution in [1.82, 2.24) is 15.5 Å². The number of likely N-dealkylation sites (N-methyl/N-ethyl adjacent to an activating group) is 1. The zero-order chi connectivity index (χ0) is 15.5. The summed E-state index contributed by atoms with van der Waals surface area (Å²) in [5, 5.41) is 12.5. The second-order valence-electron chi connectivity index (χ2n) is 4.30. The average Bonchev–Trinajstić information content (AvgIpc) is 2.87. The fourth-order valence-electron chi connectivity index (χ4n) is 1.72. The zero-order valence-corrected chi connectivity index (χ0v) is 13.6. The smallest absolute Gasteiger partial charge is 0.317 e. The molecule has 0 bridgehead atoms. The standard InChI is InChI=1S/C13H13BrF3N3S/c1-2-18-6-5-11-19-20-12(21-11)8-3-4-10(14)9(7-8)13(15,16)17/h3-4,7,18H,2,5-6H2,1H3. The maximum absolute atomic E-state index is 12.9. The Morgan fingerprint density at radius 1 is 1.29 bits per heavy atom. The highest BCUT2D eigenvalue weighted by Crippen LogP contribution is 2.37. The molecule has 0 amide bonds. The fourth-order valence-corrected chi connectivity index (χ4v) is 3.03. The highest BCUT2D eigenvalue weighted by Gasteiger charge is 2.33. The summed E-state index contributed by atoms with van der Waals surface area (Å²) < 4.78 is 38.7. The number of benzene rings is 1. The third-order valence-corrected chi connectivity index (χ3v) is 4.47. The molecule has 3 nitrogen and oxygen atoms in total. The van der Waals surface area contributed by atoms with Crippen LogP contribution in [0.3, 0.4) is 0 Å². The predicted molar refractivity (Wildman–Crippen MR) is 80.3 cm³/mol. The Balaban J connectivity index is 2.22. The van der Waals surface area contributed by atoms with E-state index in [1.54, 1.807) is 6.07 Å². The summed E-state index contributed by atoms with van der Waals surface area (Å²) in [6.07, 6.45) is -3.68. The Labute approximate surface area is 132 Å². The number of nitrogens with zero attached hydrogens (tertiary/aromatic N) is 2. The SMILES string of the molecule is CCNCCc1nnc(-c2ccc(Br)c(C(F)(F)F)c2)s1. The van der Waals surface area contributed by atoms with Gasteiger partial charge in [-0.05, 0) is 18.7 Å². The molecule has 2 aromatic rings. The topological polar surface area (TPSA) is 37.8 Å². The molecule has 2 rings (SSSR count). The number of rotatable bonds is 5. The Kier molecular flexibility index (Phi) is 5.34. The van der Waals surface area contributed by atoms with Crippen molar-refractivity contribution in [3.05, 3.63) is 33.2 Å². The molecular formula is C13H13BrF3N3S. The molecule has 0 saturated carbocycles. The molecule has 21 heavy (non-hydrogen) atoms. The van der Waals surface area contributed by atoms with Gasteiger partial charge in [-0.15, -0.1) is 10.2 Å². The number of alkyl halides is 3. The molecule has 1 aromatic heterocycles. The van der Waals surface area contributed by atoms with Crippen molar-refractivity contribution >= 4 is 27.3 Å². The molecule has 0 unspecified atom stereocenters. The van der Waals surface area contributed by atoms with Gasteiger partial charge in [0, 0.05) is 23.0 Å². The quantitative estimate of drug-likeness (QED) is 0.793. The average molecular weight is 380 g/mol. The summed E-state index contributed by atoms with van der Waals surface area (Å²) in [6.45, 7) is 3.65. The van der Waals surface area contributed by atoms with Crippen molar-refractivity contribution in [3.8, 4) is 10.6 Å². The van der Waals surface area contributed by atoms with Gasteiger partial charge in [-0.25, -0.2) is 0 Å². The van der Waals surface area contributed by atoms with E-state index in [9.17, 15) is 13.2 Å². The van der Waals surface area contributed by atoms with E-state index in [2.05, 4.69) is 31.4 Å². The van der Waals surface area contributed by atoms with Gasteiger partial charge in [-0.2, -0.15) is 13.2 Å². The molecule has 0 aliphatic rings. The molecule has 1 heterocycles. The highest BCUT2D eigenvalue weighted by atomic mass is 79.9. The van der Waals surface area contributed by atoms with Crippen LogP contribution in [-0.4, -0.2) is 23.3 Å². The van der Waals surface area contributed by atoms with Crippen molar-refractivity contribution in [2.75, 3.05) is 13.1 Å². The third-order valence-electron chi connectivity index (χ3n) is 2.75. The van der Waals surface area contributed by atoms with E-state index in [4.69, 9.17) is 0 Å². The van der Waals surface area contributed by atoms with Gasteiger partial charge in [0.05, 0.1) is 5.56 Å². The molecule has 1 N–H and O–H groups in total. The van der Waals surface area contributed by atoms with Crippen LogP contribution in [0.4, 0.5) is 13.2 Å². The first-order valence-electron chi connectivity index (χ1n) is 6.32. The van der Waals surface area contributed by atoms with E-state index < -0.39 is 11.7 Å². The van der Waals surface area contributed by atoms with Crippen molar-refractivity contribution in [2.24, 2.45) is 0 Å². The van der Waals surface area contributed by atoms with E-state index in [1.165, 1.54) is 17.4 Å². The molecular weight excluding hydrogens is 367 g/mol. The van der Waals surface area contributed by atoms with Gasteiger partial charge >= 0.3 is 6.18 Å². The number of nitrogens with one attached hydrogen (secondary N) is 1. The van der Waals surface area contributed by atoms with E-state index >= 15 is 0 Å². The molecule has 0 aliphatic heterocycles. The summed E-state index contributed by atoms with van der Waals surface area (Å²) in [4.78, 5) is 0. The molecule has 0 atom stereocenters. The second kappa shape index (κ2) is 6.85. The maximum Gasteiger partial charge on any atom is 0.417 e. The van der Waals surface area contributed by atoms with Crippen molar-refractivity contribution in [3.63, 3.8) is 0 Å². The van der Waals surface area contributed by atoms with Crippen LogP contribution in [0.25, 0.3) is 10.6 Å². The Hall–Kier alpha value is -0.990. The molecule has 1 aromatic carbocycles. The molecule has 0 fully saturated rings. The molecule has 114 valence electrons. The van der Waals surface area contributed by atoms with Gasteiger partial charge in [0.15, 0.2) is 0 Å². The van der Waals surface area contributed by atoms with Gasteiger partial charge in [-0.1, -0.05) is 40.3 Å². The molecule has 8 heteroatoms. The summed E-state index contributed by atoms with van der Waals surface area (Å²) >= 11 is 4.24. The molecule has 0 spiro atoms. The Morgan fingerprint density at radius 3 is 2.71 bits per heavy atom. The minimum Gasteiger partial charge on any atom is -0.317 e. The van der Waals surface area contributed by atoms with E-state index in [1.807, 2.05) is 6.92 Å². The highest BCUT2D eigenvalue weighted by molar-refractivity contribution is 9.10. The van der Waals surface area contributed by atoms with E-state index in [0.29, 0.717) is 17.0 Å². The second-order valence-corrected chi connectivity index (χ2v) is 6.21. The molecule has 0 saturated heterocycles. The molecule has 0 aliphatic carbocycles. The number of halogens is 4. The van der Waals surface area contributed by atoms with Crippen LogP contribution < -0.4 is 5.32 Å². The van der Waals surface area contributed by atoms with Crippen molar-refractivity contribution < 1.29 is 13.2 Å². The maximum atomic E-state index is 12.9. The zero-order valence-electron chi connectivity index (χ0n) is 11.2. The lowest BCUT2D eigenvalue weighted by atomic mass is 10.1. The minimum atomic E-state index is -4.40. The summed E-state index contributed by atoms with van der Waals surface area (Å²) in [7, 11) is 0. The normalized spacial score (nSPS) is 11.9. The van der Waals surface area contributed by atoms with E-state index in [0.717, 1.165) is 24.2 Å². The lowest BCUT2D eigenvalue weighted by Crippen LogP contribution is -2.15. The first-order valence-corrected chi connectivity index (χ1v) is 7.93. The number of hydrogen-bond donors (Lipinski definition) is 1. The van der Waals surface area contributed by atoms with Crippen LogP contribution >= 0.6 is 27.3 Å². The van der Waals surface area contributed by atoms with Crippen LogP contribution in [0.1, 0.15) is 17.5 Å². The van der Waals surface area contributed by atoms with Crippen molar-refractivity contribution in [2.45, 2.75) is 19.5 Å². The fraction of sp³-hybridized carbons (Fsp3) is 0.385. The van der Waals surface area contributed by atoms with Crippen LogP contribution in [-0.2, 0) is 12.6 Å². The van der Waals surface area contributed by atoms with Gasteiger partial charge in [0.1, 0.15) is 10.0 Å². The van der Waals surface area contributed by atoms with Crippen LogP contribution in [0.2, 0.25) is 0 Å². The van der Waals surface area contributed by atoms with Crippen LogP contribution in [0.5, 0.6) is 0 Å². The summed E-state index contributed by atoms with van der Waals surface area (Å²) in [6, 6.07) is 4.09. The summed E-state index contributed by atoms with van der Waals surface area (Å²) in [5.74, 6) is 0. The van der Waals surface area contributed by atoms with Gasteiger partial charge in [0.25, 0.3) is 0 Å². The lowest BCUT2D eigenvalue weighted by Gasteiger charge is -2.09. The Bertz CT molecular complexity index is 613. The van der Waals surface area contributed by atoms with E-state index in [-0.39, 0.29) is 4.47 Å². The van der Waals surface area contributed by atoms with Crippen LogP contribution in [0.15, 0.2) is 22.7 Å². The summed E-state index contributed by atoms with van der Waals surface area (Å²) in [5.41, 5.74) is -0.276. The Morgan fingerprint density at radius 2 is 2.05 bits per heavy atom. The first kappa shape index (κ1) is 16.4. The molecule has 0 radical (unpaired) electrons. The number of aromatic nitrogens is 2. The monoisotopic (exact) mass is 379 g/mol. The largest absolute Gasteiger partial charge is 0.417 e. The minimum absolute atomic E-state index is 0.0237.